The van der Waals surface area contributed by atoms with Crippen LogP contribution in [0.3, 0.4) is 0 Å². The van der Waals surface area contributed by atoms with E-state index in [0.717, 1.165) is 11.1 Å². The highest BCUT2D eigenvalue weighted by Crippen LogP contribution is 2.09. The summed E-state index contributed by atoms with van der Waals surface area (Å²) in [5.74, 6) is -1.44. The van der Waals surface area contributed by atoms with Gasteiger partial charge in [-0.15, -0.1) is 0 Å². The number of hydrogen-bond acceptors (Lipinski definition) is 4. The maximum atomic E-state index is 12.4. The second-order valence-electron chi connectivity index (χ2n) is 5.90. The third-order valence-electron chi connectivity index (χ3n) is 3.89. The Morgan fingerprint density at radius 3 is 2.12 bits per heavy atom. The molecule has 0 saturated heterocycles. The van der Waals surface area contributed by atoms with Gasteiger partial charge in [-0.3, -0.25) is 14.9 Å². The fraction of sp³-hybridized carbons (Fsp3) is 0.300. The summed E-state index contributed by atoms with van der Waals surface area (Å²) in [6.07, 6.45) is 1.13. The van der Waals surface area contributed by atoms with Crippen molar-refractivity contribution in [2.45, 2.75) is 38.5 Å². The van der Waals surface area contributed by atoms with E-state index in [2.05, 4.69) is 5.32 Å². The van der Waals surface area contributed by atoms with Crippen LogP contribution in [0.5, 0.6) is 0 Å². The third kappa shape index (κ3) is 6.39. The van der Waals surface area contributed by atoms with Gasteiger partial charge in [0.05, 0.1) is 0 Å². The highest BCUT2D eigenvalue weighted by atomic mass is 16.5. The van der Waals surface area contributed by atoms with Crippen LogP contribution in [-0.4, -0.2) is 29.1 Å². The Labute approximate surface area is 147 Å². The molecule has 0 spiro atoms. The Morgan fingerprint density at radius 2 is 1.56 bits per heavy atom. The third-order valence-corrected chi connectivity index (χ3v) is 3.89. The molecule has 132 valence electrons. The van der Waals surface area contributed by atoms with Crippen LogP contribution < -0.4 is 5.32 Å². The van der Waals surface area contributed by atoms with E-state index in [1.54, 1.807) is 0 Å². The summed E-state index contributed by atoms with van der Waals surface area (Å²) in [4.78, 5) is 23.5. The van der Waals surface area contributed by atoms with Crippen LogP contribution >= 0.6 is 0 Å². The van der Waals surface area contributed by atoms with Crippen molar-refractivity contribution in [3.63, 3.8) is 0 Å². The predicted molar refractivity (Wildman–Crippen MR) is 95.0 cm³/mol. The van der Waals surface area contributed by atoms with E-state index >= 15 is 0 Å². The Hall–Kier alpha value is -2.66. The number of benzene rings is 2. The summed E-state index contributed by atoms with van der Waals surface area (Å²) < 4.78 is 5.36. The molecule has 2 N–H and O–H groups in total. The topological polar surface area (TPSA) is 75.6 Å². The van der Waals surface area contributed by atoms with Crippen LogP contribution in [0.2, 0.25) is 0 Å². The van der Waals surface area contributed by atoms with Crippen LogP contribution in [0.15, 0.2) is 60.7 Å². The molecule has 2 rings (SSSR count). The monoisotopic (exact) mass is 341 g/mol. The first-order valence-corrected chi connectivity index (χ1v) is 8.29. The maximum Gasteiger partial charge on any atom is 0.323 e. The molecule has 0 fully saturated rings. The van der Waals surface area contributed by atoms with Crippen LogP contribution in [-0.2, 0) is 27.4 Å². The number of hydrogen-bond donors (Lipinski definition) is 2. The number of carbonyl (C=O) groups is 2. The molecule has 0 aliphatic carbocycles. The zero-order valence-corrected chi connectivity index (χ0v) is 14.2. The number of aliphatic carboxylic acids is 1. The lowest BCUT2D eigenvalue weighted by Gasteiger charge is -2.20. The van der Waals surface area contributed by atoms with Crippen molar-refractivity contribution < 1.29 is 19.4 Å². The van der Waals surface area contributed by atoms with Crippen molar-refractivity contribution in [3.8, 4) is 0 Å². The Kier molecular flexibility index (Phi) is 7.16. The fourth-order valence-electron chi connectivity index (χ4n) is 2.43. The second kappa shape index (κ2) is 9.59. The lowest BCUT2D eigenvalue weighted by Crippen LogP contribution is -2.46. The molecule has 2 aromatic rings. The van der Waals surface area contributed by atoms with Crippen molar-refractivity contribution in [2.75, 3.05) is 0 Å². The van der Waals surface area contributed by atoms with Crippen LogP contribution in [0, 0.1) is 0 Å². The first kappa shape index (κ1) is 18.7. The summed E-state index contributed by atoms with van der Waals surface area (Å²) >= 11 is 0. The van der Waals surface area contributed by atoms with Gasteiger partial charge in [0.2, 0.25) is 0 Å². The van der Waals surface area contributed by atoms with Gasteiger partial charge < -0.3 is 9.84 Å². The second-order valence-corrected chi connectivity index (χ2v) is 5.90. The highest BCUT2D eigenvalue weighted by Gasteiger charge is 2.24. The van der Waals surface area contributed by atoms with Gasteiger partial charge in [0.1, 0.15) is 18.7 Å². The molecule has 0 aromatic heterocycles. The molecule has 5 heteroatoms. The molecule has 2 atom stereocenters. The van der Waals surface area contributed by atoms with Crippen LogP contribution in [0.1, 0.15) is 24.5 Å². The smallest absolute Gasteiger partial charge is 0.323 e. The molecule has 0 radical (unpaired) electrons. The molecular formula is C20H23NO4. The van der Waals surface area contributed by atoms with Crippen molar-refractivity contribution in [1.82, 2.24) is 5.32 Å². The van der Waals surface area contributed by atoms with E-state index in [4.69, 9.17) is 9.84 Å². The average molecular weight is 341 g/mol. The zero-order valence-electron chi connectivity index (χ0n) is 14.2. The summed E-state index contributed by atoms with van der Waals surface area (Å²) in [6, 6.07) is 17.7. The summed E-state index contributed by atoms with van der Waals surface area (Å²) in [6.45, 7) is 1.69. The number of carbonyl (C=O) groups excluding carboxylic acids is 1. The Balaban J connectivity index is 1.96. The minimum absolute atomic E-state index is 0.171. The van der Waals surface area contributed by atoms with E-state index in [0.29, 0.717) is 12.8 Å². The summed E-state index contributed by atoms with van der Waals surface area (Å²) in [7, 11) is 0. The lowest BCUT2D eigenvalue weighted by atomic mass is 10.0. The van der Waals surface area contributed by atoms with Gasteiger partial charge in [-0.05, 0) is 30.9 Å². The lowest BCUT2D eigenvalue weighted by molar-refractivity contribution is -0.148. The minimum atomic E-state index is -0.999. The number of esters is 1. The predicted octanol–water partition coefficient (Wildman–Crippen LogP) is 2.79. The van der Waals surface area contributed by atoms with Gasteiger partial charge in [-0.2, -0.15) is 0 Å². The number of carboxylic acid groups (broad SMARTS) is 1. The van der Waals surface area contributed by atoms with E-state index in [9.17, 15) is 9.59 Å². The molecule has 0 saturated carbocycles. The van der Waals surface area contributed by atoms with Crippen LogP contribution in [0.4, 0.5) is 0 Å². The van der Waals surface area contributed by atoms with E-state index in [1.807, 2.05) is 60.7 Å². The minimum Gasteiger partial charge on any atom is -0.480 e. The number of ether oxygens (including phenoxy) is 1. The van der Waals surface area contributed by atoms with Gasteiger partial charge in [0.15, 0.2) is 0 Å². The van der Waals surface area contributed by atoms with Crippen molar-refractivity contribution in [1.29, 1.82) is 0 Å². The van der Waals surface area contributed by atoms with E-state index in [-0.39, 0.29) is 6.61 Å². The van der Waals surface area contributed by atoms with E-state index < -0.39 is 24.0 Å². The standard InChI is InChI=1S/C20H23NO4/c1-15(19(22)23)21-18(13-12-16-8-4-2-5-9-16)20(24)25-14-17-10-6-3-7-11-17/h2-11,15,18,21H,12-14H2,1H3,(H,22,23)/t15-,18?/m0/s1. The molecule has 1 unspecified atom stereocenters. The number of rotatable bonds is 9. The summed E-state index contributed by atoms with van der Waals surface area (Å²) in [5.41, 5.74) is 1.98. The van der Waals surface area contributed by atoms with Crippen molar-refractivity contribution in [3.05, 3.63) is 71.8 Å². The molecule has 25 heavy (non-hydrogen) atoms. The molecule has 5 nitrogen and oxygen atoms in total. The number of aryl methyl sites for hydroxylation is 1. The first-order chi connectivity index (χ1) is 12.1. The molecule has 0 aliphatic rings. The van der Waals surface area contributed by atoms with Gasteiger partial charge >= 0.3 is 11.9 Å². The SMILES string of the molecule is C[C@H](NC(CCc1ccccc1)C(=O)OCc1ccccc1)C(=O)O. The Bertz CT molecular complexity index is 673. The first-order valence-electron chi connectivity index (χ1n) is 8.29. The highest BCUT2D eigenvalue weighted by molar-refractivity contribution is 5.78. The van der Waals surface area contributed by atoms with Gasteiger partial charge in [0, 0.05) is 0 Å². The van der Waals surface area contributed by atoms with Gasteiger partial charge in [0.25, 0.3) is 0 Å². The van der Waals surface area contributed by atoms with Crippen molar-refractivity contribution >= 4 is 11.9 Å². The summed E-state index contributed by atoms with van der Waals surface area (Å²) in [5, 5.41) is 11.9. The van der Waals surface area contributed by atoms with Gasteiger partial charge in [-0.25, -0.2) is 0 Å². The average Bonchev–Trinajstić information content (AvgIpc) is 2.64. The van der Waals surface area contributed by atoms with Gasteiger partial charge in [-0.1, -0.05) is 60.7 Å². The fourth-order valence-corrected chi connectivity index (χ4v) is 2.43. The zero-order chi connectivity index (χ0) is 18.1. The normalized spacial score (nSPS) is 13.0. The molecule has 0 amide bonds. The molecular weight excluding hydrogens is 318 g/mol. The molecule has 0 bridgehead atoms. The molecule has 2 aromatic carbocycles. The largest absolute Gasteiger partial charge is 0.480 e. The quantitative estimate of drug-likeness (QED) is 0.686. The van der Waals surface area contributed by atoms with Crippen LogP contribution in [0.25, 0.3) is 0 Å². The van der Waals surface area contributed by atoms with E-state index in [1.165, 1.54) is 6.92 Å². The number of carboxylic acids is 1. The van der Waals surface area contributed by atoms with Crippen molar-refractivity contribution in [2.24, 2.45) is 0 Å². The molecule has 0 heterocycles. The number of nitrogens with one attached hydrogen (secondary N) is 1. The Morgan fingerprint density at radius 1 is 1.00 bits per heavy atom. The maximum absolute atomic E-state index is 12.4. The molecule has 0 aliphatic heterocycles.